The zero-order valence-electron chi connectivity index (χ0n) is 31.7. The Bertz CT molecular complexity index is 3720. The van der Waals surface area contributed by atoms with Crippen LogP contribution >= 0.6 is 7.14 Å². The number of fused-ring (bicyclic) bond motifs is 18. The van der Waals surface area contributed by atoms with E-state index in [1.165, 1.54) is 55.3 Å². The van der Waals surface area contributed by atoms with Crippen molar-refractivity contribution in [3.8, 4) is 39.1 Å². The summed E-state index contributed by atoms with van der Waals surface area (Å²) in [4.78, 5) is 0. The van der Waals surface area contributed by atoms with Gasteiger partial charge in [-0.15, -0.1) is 0 Å². The summed E-state index contributed by atoms with van der Waals surface area (Å²) in [5.41, 5.74) is 16.3. The molecule has 4 heteroatoms. The molecule has 4 heterocycles. The van der Waals surface area contributed by atoms with Crippen LogP contribution in [0.15, 0.2) is 199 Å². The lowest BCUT2D eigenvalue weighted by atomic mass is 9.65. The van der Waals surface area contributed by atoms with Crippen LogP contribution in [0.2, 0.25) is 0 Å². The van der Waals surface area contributed by atoms with E-state index in [1.54, 1.807) is 0 Å². The van der Waals surface area contributed by atoms with Gasteiger partial charge in [-0.3, -0.25) is 0 Å². The predicted molar refractivity (Wildman–Crippen MR) is 243 cm³/mol. The Balaban J connectivity index is 1.16. The van der Waals surface area contributed by atoms with Crippen LogP contribution < -0.4 is 15.9 Å². The largest absolute Gasteiger partial charge is 0.456 e. The zero-order chi connectivity index (χ0) is 38.6. The first kappa shape index (κ1) is 31.8. The monoisotopic (exact) mass is 769 g/mol. The predicted octanol–water partition coefficient (Wildman–Crippen LogP) is 12.6. The van der Waals surface area contributed by atoms with Gasteiger partial charge in [0.15, 0.2) is 7.14 Å². The van der Waals surface area contributed by atoms with Gasteiger partial charge in [-0.05, 0) is 98.1 Å². The molecule has 0 radical (unpaired) electrons. The average Bonchev–Trinajstić information content (AvgIpc) is 4.00. The topological polar surface area (TPSA) is 35.1 Å². The van der Waals surface area contributed by atoms with Crippen molar-refractivity contribution in [2.24, 2.45) is 0 Å². The molecule has 2 atom stereocenters. The summed E-state index contributed by atoms with van der Waals surface area (Å²) in [6, 6.07) is 69.7. The number of nitrogens with zero attached hydrogens (tertiary/aromatic N) is 1. The molecule has 1 spiro atoms. The number of benzene rings is 9. The molecule has 0 fully saturated rings. The molecule has 2 aliphatic heterocycles. The van der Waals surface area contributed by atoms with Crippen LogP contribution in [0.1, 0.15) is 22.3 Å². The van der Waals surface area contributed by atoms with Crippen molar-refractivity contribution < 1.29 is 8.98 Å². The first-order chi connectivity index (χ1) is 29.2. The van der Waals surface area contributed by atoms with E-state index in [0.717, 1.165) is 65.7 Å². The van der Waals surface area contributed by atoms with Crippen molar-refractivity contribution in [2.75, 3.05) is 0 Å². The van der Waals surface area contributed by atoms with E-state index < -0.39 is 12.6 Å². The molecule has 1 unspecified atom stereocenters. The van der Waals surface area contributed by atoms with Gasteiger partial charge in [-0.1, -0.05) is 152 Å². The number of hydrogen-bond donors (Lipinski definition) is 0. The minimum absolute atomic E-state index is 0.673. The zero-order valence-corrected chi connectivity index (χ0v) is 32.6. The third kappa shape index (κ3) is 3.74. The second kappa shape index (κ2) is 11.0. The Morgan fingerprint density at radius 3 is 2.07 bits per heavy atom. The van der Waals surface area contributed by atoms with Crippen molar-refractivity contribution in [2.45, 2.75) is 5.41 Å². The second-order valence-corrected chi connectivity index (χ2v) is 18.9. The van der Waals surface area contributed by atoms with Gasteiger partial charge < -0.3 is 13.5 Å². The quantitative estimate of drug-likeness (QED) is 0.164. The van der Waals surface area contributed by atoms with E-state index in [2.05, 4.69) is 150 Å². The molecular weight excluding hydrogens is 738 g/mol. The summed E-state index contributed by atoms with van der Waals surface area (Å²) in [6.07, 6.45) is 0. The molecule has 0 bridgehead atoms. The molecule has 9 aromatic carbocycles. The van der Waals surface area contributed by atoms with Crippen molar-refractivity contribution >= 4 is 66.8 Å². The maximum absolute atomic E-state index is 16.1. The smallest absolute Gasteiger partial charge is 0.172 e. The normalized spacial score (nSPS) is 18.0. The highest BCUT2D eigenvalue weighted by atomic mass is 31.2. The van der Waals surface area contributed by atoms with Crippen molar-refractivity contribution in [1.82, 2.24) is 4.57 Å². The maximum Gasteiger partial charge on any atom is 0.172 e. The number of aromatic nitrogens is 1. The fraction of sp³-hybridized carbons (Fsp3) is 0.0182. The van der Waals surface area contributed by atoms with E-state index >= 15 is 4.57 Å². The van der Waals surface area contributed by atoms with E-state index in [1.807, 2.05) is 48.5 Å². The Morgan fingerprint density at radius 1 is 0.441 bits per heavy atom. The van der Waals surface area contributed by atoms with Crippen LogP contribution in [-0.4, -0.2) is 4.57 Å². The second-order valence-electron chi connectivity index (χ2n) is 16.2. The Labute approximate surface area is 339 Å². The first-order valence-electron chi connectivity index (χ1n) is 20.3. The van der Waals surface area contributed by atoms with Crippen LogP contribution in [0.4, 0.5) is 0 Å². The summed E-state index contributed by atoms with van der Waals surface area (Å²) >= 11 is 0. The molecule has 0 saturated carbocycles. The van der Waals surface area contributed by atoms with Crippen LogP contribution in [0.5, 0.6) is 0 Å². The van der Waals surface area contributed by atoms with Gasteiger partial charge in [0.25, 0.3) is 0 Å². The van der Waals surface area contributed by atoms with Gasteiger partial charge in [-0.25, -0.2) is 0 Å². The lowest BCUT2D eigenvalue weighted by molar-refractivity contribution is 0.593. The Kier molecular flexibility index (Phi) is 5.96. The fourth-order valence-corrected chi connectivity index (χ4v) is 14.4. The molecule has 0 amide bonds. The van der Waals surface area contributed by atoms with Crippen molar-refractivity contribution in [3.05, 3.63) is 216 Å². The molecule has 274 valence electrons. The standard InChI is InChI=1S/C55H32NO2P/c57-59(34-14-2-1-3-15-34)51-27-11-6-18-39(51)41-31-46-42(32-52(41)59)53-35(33-28-29-38-37-17-5-10-26-49(37)58-50(38)30-33)19-12-22-44(53)55(46)43-21-7-9-25-48(43)56-47-24-8-4-16-36(47)40-20-13-23-45(55)54(40)56/h1-32H/t55?,59-/m0/s1. The lowest BCUT2D eigenvalue weighted by Gasteiger charge is -2.39. The van der Waals surface area contributed by atoms with Gasteiger partial charge in [0.1, 0.15) is 11.2 Å². The highest BCUT2D eigenvalue weighted by Gasteiger charge is 2.53. The van der Waals surface area contributed by atoms with Crippen molar-refractivity contribution in [1.29, 1.82) is 0 Å². The molecule has 2 aromatic heterocycles. The van der Waals surface area contributed by atoms with Gasteiger partial charge in [0.05, 0.1) is 22.1 Å². The van der Waals surface area contributed by atoms with Gasteiger partial charge in [0, 0.05) is 37.5 Å². The minimum atomic E-state index is -3.24. The molecule has 11 aromatic rings. The van der Waals surface area contributed by atoms with Crippen LogP contribution in [0.3, 0.4) is 0 Å². The maximum atomic E-state index is 16.1. The Hall–Kier alpha value is -7.19. The molecule has 1 aliphatic carbocycles. The third-order valence-electron chi connectivity index (χ3n) is 13.6. The molecular formula is C55H32NO2P. The van der Waals surface area contributed by atoms with Gasteiger partial charge in [0.2, 0.25) is 0 Å². The number of hydrogen-bond acceptors (Lipinski definition) is 2. The summed E-state index contributed by atoms with van der Waals surface area (Å²) in [6.45, 7) is 0. The van der Waals surface area contributed by atoms with Crippen LogP contribution in [0, 0.1) is 0 Å². The summed E-state index contributed by atoms with van der Waals surface area (Å²) < 4.78 is 25.1. The summed E-state index contributed by atoms with van der Waals surface area (Å²) in [5, 5.41) is 7.39. The number of para-hydroxylation sites is 4. The lowest BCUT2D eigenvalue weighted by Crippen LogP contribution is -2.33. The van der Waals surface area contributed by atoms with E-state index in [9.17, 15) is 0 Å². The molecule has 3 nitrogen and oxygen atoms in total. The average molecular weight is 770 g/mol. The SMILES string of the molecule is O=[P@@]1(c2ccccc2)c2ccccc2-c2cc3c(cc21)-c1c(-c2ccc4c(c2)oc2ccccc24)cccc1C31c2ccccc2-n2c3ccccc3c3cccc1c32. The first-order valence-corrected chi connectivity index (χ1v) is 22.0. The molecule has 3 aliphatic rings. The van der Waals surface area contributed by atoms with Gasteiger partial charge >= 0.3 is 0 Å². The summed E-state index contributed by atoms with van der Waals surface area (Å²) in [5.74, 6) is 0. The molecule has 59 heavy (non-hydrogen) atoms. The van der Waals surface area contributed by atoms with Crippen molar-refractivity contribution in [3.63, 3.8) is 0 Å². The van der Waals surface area contributed by atoms with Crippen LogP contribution in [-0.2, 0) is 9.98 Å². The summed E-state index contributed by atoms with van der Waals surface area (Å²) in [7, 11) is -3.24. The fourth-order valence-electron chi connectivity index (χ4n) is 11.3. The number of furan rings is 1. The molecule has 0 N–H and O–H groups in total. The Morgan fingerprint density at radius 2 is 1.14 bits per heavy atom. The number of rotatable bonds is 2. The highest BCUT2D eigenvalue weighted by molar-refractivity contribution is 7.86. The minimum Gasteiger partial charge on any atom is -0.456 e. The van der Waals surface area contributed by atoms with Crippen LogP contribution in [0.25, 0.3) is 82.8 Å². The van der Waals surface area contributed by atoms with Gasteiger partial charge in [-0.2, -0.15) is 0 Å². The molecule has 14 rings (SSSR count). The van der Waals surface area contributed by atoms with E-state index in [-0.39, 0.29) is 0 Å². The molecule has 0 saturated heterocycles. The van der Waals surface area contributed by atoms with E-state index in [4.69, 9.17) is 4.42 Å². The van der Waals surface area contributed by atoms with E-state index in [0.29, 0.717) is 0 Å². The third-order valence-corrected chi connectivity index (χ3v) is 16.8. The highest BCUT2D eigenvalue weighted by Crippen LogP contribution is 2.64.